The summed E-state index contributed by atoms with van der Waals surface area (Å²) in [7, 11) is 0. The molecule has 0 amide bonds. The second-order valence-electron chi connectivity index (χ2n) is 17.1. The maximum Gasteiger partial charge on any atom is 0.416 e. The van der Waals surface area contributed by atoms with Crippen molar-refractivity contribution in [2.45, 2.75) is 61.8 Å². The van der Waals surface area contributed by atoms with Crippen molar-refractivity contribution in [1.82, 2.24) is 0 Å². The predicted molar refractivity (Wildman–Crippen MR) is 235 cm³/mol. The molecule has 78 heavy (non-hydrogen) atoms. The van der Waals surface area contributed by atoms with E-state index >= 15 is 0 Å². The lowest BCUT2D eigenvalue weighted by Gasteiger charge is -2.46. The zero-order valence-corrected chi connectivity index (χ0v) is 38.8. The van der Waals surface area contributed by atoms with Gasteiger partial charge < -0.3 is 0 Å². The standard InChI is InChI=1S/C32H12BF24.C18H15ClNO/c34-25(35,36)13-1-14(26(37,38)39)6-21(5-13)33(22-7-15(27(40,41)42)2-16(8-22)28(43,44)45,23-9-17(29(46,47)48)3-18(10-23)30(49,50)51)24-11-19(31(52,53)54)4-20(12-24)32(55,56)57;19-12-16-11-10-14-6-4-5-9-17(14)20(16)13-18(21)15-7-2-1-3-8-15/h1-12H;1-11H,12-13H2/q-1;+1. The van der Waals surface area contributed by atoms with Gasteiger partial charge in [-0.05, 0) is 36.4 Å². The second-order valence-corrected chi connectivity index (χ2v) is 17.4. The van der Waals surface area contributed by atoms with Gasteiger partial charge in [0.05, 0.1) is 44.5 Å². The quantitative estimate of drug-likeness (QED) is 0.0488. The van der Waals surface area contributed by atoms with E-state index < -0.39 is 195 Å². The van der Waals surface area contributed by atoms with Gasteiger partial charge in [0.25, 0.3) is 0 Å². The molecule has 0 aliphatic heterocycles. The van der Waals surface area contributed by atoms with E-state index in [1.165, 1.54) is 0 Å². The Bertz CT molecular complexity index is 2890. The molecule has 28 heteroatoms. The minimum Gasteiger partial charge on any atom is -0.287 e. The molecule has 0 saturated carbocycles. The number of nitrogens with zero attached hydrogens (tertiary/aromatic N) is 1. The summed E-state index contributed by atoms with van der Waals surface area (Å²) in [4.78, 5) is 12.5. The minimum absolute atomic E-state index is 0.0864. The lowest BCUT2D eigenvalue weighted by atomic mass is 9.12. The zero-order chi connectivity index (χ0) is 58.6. The number of rotatable bonds is 8. The number of carbonyl (C=O) groups excluding carboxylic acids is 1. The minimum atomic E-state index is -6.13. The molecule has 0 aliphatic carbocycles. The molecule has 0 atom stereocenters. The van der Waals surface area contributed by atoms with Gasteiger partial charge >= 0.3 is 49.4 Å². The maximum absolute atomic E-state index is 14.2. The van der Waals surface area contributed by atoms with Gasteiger partial charge in [-0.2, -0.15) is 132 Å². The van der Waals surface area contributed by atoms with Gasteiger partial charge in [-0.3, -0.25) is 4.79 Å². The SMILES string of the molecule is FC(F)(F)c1cc([B-](c2cc(C(F)(F)F)cc(C(F)(F)F)c2)(c2cc(C(F)(F)F)cc(C(F)(F)F)c2)c2cc(C(F)(F)F)cc(C(F)(F)F)c2)cc(C(F)(F)F)c1.O=C(C[n+]1c(CCl)ccc2ccccc21)c1ccccc1. The Labute approximate surface area is 427 Å². The van der Waals surface area contributed by atoms with Gasteiger partial charge in [0.1, 0.15) is 12.0 Å². The average molecular weight is 1160 g/mol. The van der Waals surface area contributed by atoms with Crippen molar-refractivity contribution in [2.24, 2.45) is 0 Å². The van der Waals surface area contributed by atoms with E-state index in [2.05, 4.69) is 0 Å². The van der Waals surface area contributed by atoms with Crippen LogP contribution >= 0.6 is 11.6 Å². The van der Waals surface area contributed by atoms with Gasteiger partial charge in [0, 0.05) is 23.1 Å². The molecular formula is C50H27BClF24NO. The summed E-state index contributed by atoms with van der Waals surface area (Å²) in [6.45, 7) is 0.299. The number of hydrogen-bond acceptors (Lipinski definition) is 1. The number of hydrogen-bond donors (Lipinski definition) is 0. The Morgan fingerprint density at radius 2 is 0.628 bits per heavy atom. The summed E-state index contributed by atoms with van der Waals surface area (Å²) in [5, 5.41) is 1.10. The third-order valence-corrected chi connectivity index (χ3v) is 12.3. The molecule has 7 aromatic rings. The number of aromatic nitrogens is 1. The van der Waals surface area contributed by atoms with E-state index in [0.717, 1.165) is 22.2 Å². The highest BCUT2D eigenvalue weighted by Crippen LogP contribution is 2.41. The van der Waals surface area contributed by atoms with Crippen LogP contribution in [0.15, 0.2) is 140 Å². The molecule has 0 radical (unpaired) electrons. The van der Waals surface area contributed by atoms with Crippen molar-refractivity contribution in [2.75, 3.05) is 0 Å². The number of benzene rings is 6. The summed E-state index contributed by atoms with van der Waals surface area (Å²) < 4.78 is 343. The highest BCUT2D eigenvalue weighted by Gasteiger charge is 2.47. The summed E-state index contributed by atoms with van der Waals surface area (Å²) in [6, 6.07) is 12.6. The molecule has 6 aromatic carbocycles. The molecule has 0 spiro atoms. The maximum atomic E-state index is 14.2. The van der Waals surface area contributed by atoms with Crippen LogP contribution in [0.1, 0.15) is 60.6 Å². The van der Waals surface area contributed by atoms with Crippen molar-refractivity contribution in [3.8, 4) is 0 Å². The second kappa shape index (κ2) is 21.0. The predicted octanol–water partition coefficient (Wildman–Crippen LogP) is 15.0. The fraction of sp³-hybridized carbons (Fsp3) is 0.200. The van der Waals surface area contributed by atoms with E-state index in [1.54, 1.807) is 0 Å². The molecule has 0 unspecified atom stereocenters. The molecule has 0 aliphatic rings. The topological polar surface area (TPSA) is 20.9 Å². The fourth-order valence-corrected chi connectivity index (χ4v) is 8.77. The first-order chi connectivity index (χ1) is 35.6. The third kappa shape index (κ3) is 13.3. The molecule has 0 N–H and O–H groups in total. The Morgan fingerprint density at radius 1 is 0.359 bits per heavy atom. The molecule has 7 rings (SSSR count). The largest absolute Gasteiger partial charge is 0.416 e. The first-order valence-corrected chi connectivity index (χ1v) is 22.0. The molecule has 2 nitrogen and oxygen atoms in total. The van der Waals surface area contributed by atoms with E-state index in [0.29, 0.717) is 12.4 Å². The number of carbonyl (C=O) groups is 1. The summed E-state index contributed by atoms with van der Waals surface area (Å²) in [5.41, 5.74) is -27.5. The Morgan fingerprint density at radius 3 is 0.897 bits per heavy atom. The Hall–Kier alpha value is -6.93. The zero-order valence-electron chi connectivity index (χ0n) is 38.1. The summed E-state index contributed by atoms with van der Waals surface area (Å²) in [6.07, 6.45) is -54.8. The molecule has 1 aromatic heterocycles. The molecule has 0 saturated heterocycles. The lowest BCUT2D eigenvalue weighted by Crippen LogP contribution is -2.75. The van der Waals surface area contributed by atoms with Crippen LogP contribution < -0.4 is 26.4 Å². The molecule has 1 heterocycles. The van der Waals surface area contributed by atoms with Crippen LogP contribution in [0, 0.1) is 0 Å². The highest BCUT2D eigenvalue weighted by atomic mass is 35.5. The summed E-state index contributed by atoms with van der Waals surface area (Å²) >= 11 is 6.03. The van der Waals surface area contributed by atoms with Crippen molar-refractivity contribution in [3.63, 3.8) is 0 Å². The van der Waals surface area contributed by atoms with Crippen molar-refractivity contribution < 1.29 is 115 Å². The Kier molecular flexibility index (Phi) is 16.3. The van der Waals surface area contributed by atoms with Crippen LogP contribution in [-0.4, -0.2) is 11.9 Å². The molecule has 416 valence electrons. The highest BCUT2D eigenvalue weighted by molar-refractivity contribution is 7.20. The number of para-hydroxylation sites is 1. The van der Waals surface area contributed by atoms with Crippen LogP contribution in [0.2, 0.25) is 0 Å². The van der Waals surface area contributed by atoms with Gasteiger partial charge in [-0.1, -0.05) is 91.0 Å². The van der Waals surface area contributed by atoms with Gasteiger partial charge in [-0.25, -0.2) is 0 Å². The van der Waals surface area contributed by atoms with Gasteiger partial charge in [0.15, 0.2) is 5.69 Å². The lowest BCUT2D eigenvalue weighted by molar-refractivity contribution is -0.663. The number of fused-ring (bicyclic) bond motifs is 1. The smallest absolute Gasteiger partial charge is 0.287 e. The fourth-order valence-electron chi connectivity index (χ4n) is 8.54. The van der Waals surface area contributed by atoms with Crippen molar-refractivity contribution >= 4 is 56.3 Å². The average Bonchev–Trinajstić information content (AvgIpc) is 3.37. The third-order valence-electron chi connectivity index (χ3n) is 12.0. The van der Waals surface area contributed by atoms with Crippen LogP contribution in [0.25, 0.3) is 10.9 Å². The molecular weight excluding hydrogens is 1130 g/mol. The van der Waals surface area contributed by atoms with Crippen LogP contribution in [0.5, 0.6) is 0 Å². The summed E-state index contributed by atoms with van der Waals surface area (Å²) in [5.74, 6) is 0.468. The van der Waals surface area contributed by atoms with Crippen LogP contribution in [0.4, 0.5) is 105 Å². The first kappa shape index (κ1) is 60.3. The number of alkyl halides is 25. The number of Topliss-reactive ketones (excluding diaryl/α,β-unsaturated/α-hetero) is 1. The van der Waals surface area contributed by atoms with Crippen molar-refractivity contribution in [3.05, 3.63) is 195 Å². The number of halogens is 25. The van der Waals surface area contributed by atoms with E-state index in [-0.39, 0.29) is 5.78 Å². The normalized spacial score (nSPS) is 13.3. The number of ketones is 1. The van der Waals surface area contributed by atoms with E-state index in [9.17, 15) is 110 Å². The first-order valence-electron chi connectivity index (χ1n) is 21.5. The van der Waals surface area contributed by atoms with Crippen LogP contribution in [0.3, 0.4) is 0 Å². The molecule has 0 fully saturated rings. The van der Waals surface area contributed by atoms with Crippen molar-refractivity contribution in [1.29, 1.82) is 0 Å². The van der Waals surface area contributed by atoms with Gasteiger partial charge in [0.2, 0.25) is 17.8 Å². The molecule has 0 bridgehead atoms. The van der Waals surface area contributed by atoms with E-state index in [1.807, 2.05) is 71.3 Å². The van der Waals surface area contributed by atoms with Crippen LogP contribution in [-0.2, 0) is 61.8 Å². The Balaban J connectivity index is 0.000000387. The van der Waals surface area contributed by atoms with Gasteiger partial charge in [-0.15, -0.1) is 11.6 Å². The van der Waals surface area contributed by atoms with E-state index in [4.69, 9.17) is 11.6 Å². The monoisotopic (exact) mass is 1160 g/mol. The number of pyridine rings is 1.